The van der Waals surface area contributed by atoms with E-state index in [2.05, 4.69) is 84.6 Å². The van der Waals surface area contributed by atoms with Crippen LogP contribution in [0.1, 0.15) is 68.9 Å². The molecule has 4 bridgehead atoms. The van der Waals surface area contributed by atoms with Crippen LogP contribution in [0.3, 0.4) is 0 Å². The Morgan fingerprint density at radius 3 is 1.22 bits per heavy atom. The van der Waals surface area contributed by atoms with Gasteiger partial charge >= 0.3 is 0 Å². The SMILES string of the molecule is C[N+]1(CCCCC[N+]2(C)C3CCCC2CN(Cc2ccccc2)C3)C2CCCC1CN(Cc1ccccc1)C2.[I-].[I-]. The lowest BCUT2D eigenvalue weighted by Gasteiger charge is -2.57. The normalized spacial score (nSPS) is 33.4. The molecule has 4 atom stereocenters. The molecule has 6 rings (SSSR count). The third kappa shape index (κ3) is 7.70. The number of hydrogen-bond donors (Lipinski definition) is 0. The zero-order chi connectivity index (χ0) is 26.7. The van der Waals surface area contributed by atoms with Gasteiger partial charge in [-0.1, -0.05) is 60.7 Å². The van der Waals surface area contributed by atoms with Gasteiger partial charge in [-0.05, 0) is 43.2 Å². The molecule has 4 nitrogen and oxygen atoms in total. The Hall–Kier alpha value is -0.260. The van der Waals surface area contributed by atoms with Crippen LogP contribution in [-0.2, 0) is 13.1 Å². The first-order chi connectivity index (χ1) is 19.0. The predicted octanol–water partition coefficient (Wildman–Crippen LogP) is -0.0683. The molecule has 2 aromatic rings. The van der Waals surface area contributed by atoms with Gasteiger partial charge < -0.3 is 56.9 Å². The maximum atomic E-state index is 2.77. The first-order valence-electron chi connectivity index (χ1n) is 16.3. The summed E-state index contributed by atoms with van der Waals surface area (Å²) in [7, 11) is 5.25. The summed E-state index contributed by atoms with van der Waals surface area (Å²) in [6.45, 7) is 10.2. The van der Waals surface area contributed by atoms with Crippen molar-refractivity contribution in [1.82, 2.24) is 9.80 Å². The summed E-state index contributed by atoms with van der Waals surface area (Å²) in [5, 5.41) is 0. The van der Waals surface area contributed by atoms with Gasteiger partial charge in [0.1, 0.15) is 24.2 Å². The van der Waals surface area contributed by atoms with Gasteiger partial charge in [0.25, 0.3) is 0 Å². The van der Waals surface area contributed by atoms with Crippen LogP contribution in [0.15, 0.2) is 60.7 Å². The monoisotopic (exact) mass is 784 g/mol. The fourth-order valence-corrected chi connectivity index (χ4v) is 9.16. The van der Waals surface area contributed by atoms with Crippen LogP contribution in [0.5, 0.6) is 0 Å². The van der Waals surface area contributed by atoms with Crippen LogP contribution in [0.2, 0.25) is 0 Å². The maximum absolute atomic E-state index is 2.77. The van der Waals surface area contributed by atoms with E-state index in [9.17, 15) is 0 Å². The molecule has 0 spiro atoms. The molecule has 4 fully saturated rings. The molecule has 228 valence electrons. The van der Waals surface area contributed by atoms with Crippen molar-refractivity contribution in [2.75, 3.05) is 53.4 Å². The number of unbranched alkanes of at least 4 members (excludes halogenated alkanes) is 2. The van der Waals surface area contributed by atoms with Gasteiger partial charge in [-0.2, -0.15) is 0 Å². The van der Waals surface area contributed by atoms with E-state index < -0.39 is 0 Å². The van der Waals surface area contributed by atoms with Crippen molar-refractivity contribution < 1.29 is 56.9 Å². The number of rotatable bonds is 10. The number of benzene rings is 2. The molecule has 4 aliphatic rings. The van der Waals surface area contributed by atoms with Gasteiger partial charge in [0, 0.05) is 38.8 Å². The molecule has 0 aliphatic carbocycles. The summed E-state index contributed by atoms with van der Waals surface area (Å²) in [5.41, 5.74) is 2.96. The molecule has 4 saturated heterocycles. The highest BCUT2D eigenvalue weighted by Crippen LogP contribution is 2.37. The fourth-order valence-electron chi connectivity index (χ4n) is 9.16. The van der Waals surface area contributed by atoms with Gasteiger partial charge in [0.05, 0.1) is 53.4 Å². The summed E-state index contributed by atoms with van der Waals surface area (Å²) in [4.78, 5) is 5.54. The van der Waals surface area contributed by atoms with E-state index in [4.69, 9.17) is 0 Å². The van der Waals surface area contributed by atoms with Crippen molar-refractivity contribution in [3.63, 3.8) is 0 Å². The van der Waals surface area contributed by atoms with E-state index in [1.54, 1.807) is 0 Å². The summed E-state index contributed by atoms with van der Waals surface area (Å²) in [5.74, 6) is 0. The Bertz CT molecular complexity index is 939. The highest BCUT2D eigenvalue weighted by atomic mass is 127. The smallest absolute Gasteiger partial charge is 0.102 e. The number of hydrogen-bond acceptors (Lipinski definition) is 2. The number of piperazine rings is 2. The third-order valence-electron chi connectivity index (χ3n) is 11.6. The second kappa shape index (κ2) is 15.2. The van der Waals surface area contributed by atoms with Crippen LogP contribution in [0, 0.1) is 0 Å². The lowest BCUT2D eigenvalue weighted by Crippen LogP contribution is -3.00. The number of halogens is 2. The standard InChI is InChI=1S/C35H54N4.2HI/c1-38(32-18-12-19-33(38)27-36(26-32)24-30-14-6-3-7-15-30)22-10-5-11-23-39(2)34-20-13-21-35(39)29-37(28-34)25-31-16-8-4-9-17-31;;/h3-4,6-9,14-17,32-35H,5,10-13,18-29H2,1-2H3;2*1H/q+2;;/p-2. The summed E-state index contributed by atoms with van der Waals surface area (Å²) in [6, 6.07) is 25.6. The van der Waals surface area contributed by atoms with Crippen LogP contribution >= 0.6 is 0 Å². The summed E-state index contributed by atoms with van der Waals surface area (Å²) in [6.07, 6.45) is 12.8. The zero-order valence-electron chi connectivity index (χ0n) is 25.6. The number of piperidine rings is 2. The van der Waals surface area contributed by atoms with Gasteiger partial charge in [-0.25, -0.2) is 0 Å². The Morgan fingerprint density at radius 1 is 0.537 bits per heavy atom. The molecule has 0 radical (unpaired) electrons. The van der Waals surface area contributed by atoms with E-state index in [-0.39, 0.29) is 48.0 Å². The van der Waals surface area contributed by atoms with Crippen molar-refractivity contribution in [1.29, 1.82) is 0 Å². The third-order valence-corrected chi connectivity index (χ3v) is 11.6. The molecule has 0 amide bonds. The van der Waals surface area contributed by atoms with Crippen molar-refractivity contribution in [2.45, 2.75) is 95.0 Å². The van der Waals surface area contributed by atoms with Gasteiger partial charge in [-0.3, -0.25) is 9.80 Å². The van der Waals surface area contributed by atoms with E-state index >= 15 is 0 Å². The lowest BCUT2D eigenvalue weighted by molar-refractivity contribution is -0.968. The minimum absolute atomic E-state index is 0. The number of quaternary nitrogens is 2. The lowest BCUT2D eigenvalue weighted by atomic mass is 9.87. The second-order valence-electron chi connectivity index (χ2n) is 14.0. The average molecular weight is 785 g/mol. The molecule has 41 heavy (non-hydrogen) atoms. The Kier molecular flexibility index (Phi) is 12.4. The topological polar surface area (TPSA) is 6.48 Å². The fraction of sp³-hybridized carbons (Fsp3) is 0.657. The highest BCUT2D eigenvalue weighted by Gasteiger charge is 2.49. The largest absolute Gasteiger partial charge is 1.00 e. The molecule has 6 heteroatoms. The van der Waals surface area contributed by atoms with Crippen LogP contribution < -0.4 is 48.0 Å². The maximum Gasteiger partial charge on any atom is 0.102 e. The Labute approximate surface area is 285 Å². The number of likely N-dealkylation sites (N-methyl/N-ethyl adjacent to an activating group) is 2. The van der Waals surface area contributed by atoms with Crippen molar-refractivity contribution in [2.24, 2.45) is 0 Å². The predicted molar refractivity (Wildman–Crippen MR) is 162 cm³/mol. The van der Waals surface area contributed by atoms with Gasteiger partial charge in [0.15, 0.2) is 0 Å². The molecule has 0 aromatic heterocycles. The molecular weight excluding hydrogens is 730 g/mol. The van der Waals surface area contributed by atoms with Crippen LogP contribution in [-0.4, -0.2) is 96.3 Å². The molecule has 0 N–H and O–H groups in total. The van der Waals surface area contributed by atoms with Gasteiger partial charge in [0.2, 0.25) is 0 Å². The van der Waals surface area contributed by atoms with Crippen molar-refractivity contribution in [3.8, 4) is 0 Å². The zero-order valence-corrected chi connectivity index (χ0v) is 30.0. The first-order valence-corrected chi connectivity index (χ1v) is 16.3. The minimum Gasteiger partial charge on any atom is -1.00 e. The molecule has 4 aliphatic heterocycles. The van der Waals surface area contributed by atoms with Gasteiger partial charge in [-0.15, -0.1) is 0 Å². The number of fused-ring (bicyclic) bond motifs is 4. The van der Waals surface area contributed by atoms with E-state index in [0.29, 0.717) is 0 Å². The van der Waals surface area contributed by atoms with Crippen LogP contribution in [0.4, 0.5) is 0 Å². The summed E-state index contributed by atoms with van der Waals surface area (Å²) < 4.78 is 2.72. The quantitative estimate of drug-likeness (QED) is 0.190. The second-order valence-corrected chi connectivity index (χ2v) is 14.0. The number of nitrogens with zero attached hydrogens (tertiary/aromatic N) is 4. The Morgan fingerprint density at radius 2 is 0.878 bits per heavy atom. The molecule has 4 heterocycles. The average Bonchev–Trinajstić information content (AvgIpc) is 2.91. The van der Waals surface area contributed by atoms with E-state index in [0.717, 1.165) is 37.3 Å². The van der Waals surface area contributed by atoms with Crippen LogP contribution in [0.25, 0.3) is 0 Å². The molecule has 0 saturated carbocycles. The summed E-state index contributed by atoms with van der Waals surface area (Å²) >= 11 is 0. The first kappa shape index (κ1) is 33.6. The molecule has 4 unspecified atom stereocenters. The van der Waals surface area contributed by atoms with Crippen molar-refractivity contribution in [3.05, 3.63) is 71.8 Å². The minimum atomic E-state index is 0. The van der Waals surface area contributed by atoms with E-state index in [1.807, 2.05) is 0 Å². The van der Waals surface area contributed by atoms with Crippen molar-refractivity contribution >= 4 is 0 Å². The molecular formula is C35H54I2N4. The highest BCUT2D eigenvalue weighted by molar-refractivity contribution is 5.15. The molecule has 2 aromatic carbocycles. The Balaban J connectivity index is 0.00000194. The van der Waals surface area contributed by atoms with E-state index in [1.165, 1.54) is 117 Å². The number of likely N-dealkylation sites (tertiary alicyclic amines) is 2.